The van der Waals surface area contributed by atoms with Crippen LogP contribution >= 0.6 is 15.9 Å². The van der Waals surface area contributed by atoms with Crippen LogP contribution in [0.15, 0.2) is 22.7 Å². The first-order valence-electron chi connectivity index (χ1n) is 6.53. The van der Waals surface area contributed by atoms with Crippen molar-refractivity contribution >= 4 is 21.8 Å². The Morgan fingerprint density at radius 3 is 3.00 bits per heavy atom. The van der Waals surface area contributed by atoms with Gasteiger partial charge in [-0.3, -0.25) is 4.79 Å². The van der Waals surface area contributed by atoms with E-state index in [-0.39, 0.29) is 37.3 Å². The predicted molar refractivity (Wildman–Crippen MR) is 75.5 cm³/mol. The topological polar surface area (TPSA) is 49.8 Å². The van der Waals surface area contributed by atoms with Crippen molar-refractivity contribution < 1.29 is 19.0 Å². The highest BCUT2D eigenvalue weighted by atomic mass is 79.9. The Morgan fingerprint density at radius 2 is 2.35 bits per heavy atom. The summed E-state index contributed by atoms with van der Waals surface area (Å²) in [5.41, 5.74) is 0.431. The van der Waals surface area contributed by atoms with Gasteiger partial charge in [0.05, 0.1) is 19.1 Å². The van der Waals surface area contributed by atoms with Gasteiger partial charge >= 0.3 is 0 Å². The van der Waals surface area contributed by atoms with Crippen LogP contribution in [0.4, 0.5) is 4.39 Å². The molecule has 1 saturated heterocycles. The van der Waals surface area contributed by atoms with Crippen molar-refractivity contribution in [3.63, 3.8) is 0 Å². The Balaban J connectivity index is 2.11. The van der Waals surface area contributed by atoms with Gasteiger partial charge in [-0.15, -0.1) is 0 Å². The molecule has 1 fully saturated rings. The number of aliphatic hydroxyl groups excluding tert-OH is 1. The Kier molecular flexibility index (Phi) is 5.51. The Labute approximate surface area is 125 Å². The Morgan fingerprint density at radius 1 is 1.55 bits per heavy atom. The number of benzene rings is 1. The second-order valence-electron chi connectivity index (χ2n) is 4.78. The maximum absolute atomic E-state index is 13.8. The van der Waals surface area contributed by atoms with Crippen LogP contribution in [-0.2, 0) is 16.1 Å². The molecule has 0 radical (unpaired) electrons. The number of nitrogens with zero attached hydrogens (tertiary/aromatic N) is 1. The summed E-state index contributed by atoms with van der Waals surface area (Å²) in [7, 11) is 0. The summed E-state index contributed by atoms with van der Waals surface area (Å²) in [4.78, 5) is 13.8. The van der Waals surface area contributed by atoms with Crippen molar-refractivity contribution in [2.24, 2.45) is 5.92 Å². The third-order valence-electron chi connectivity index (χ3n) is 3.33. The molecule has 20 heavy (non-hydrogen) atoms. The molecular weight excluding hydrogens is 329 g/mol. The molecule has 1 unspecified atom stereocenters. The smallest absolute Gasteiger partial charge is 0.228 e. The maximum atomic E-state index is 13.8. The van der Waals surface area contributed by atoms with Gasteiger partial charge in [-0.05, 0) is 24.6 Å². The van der Waals surface area contributed by atoms with Gasteiger partial charge in [0.15, 0.2) is 0 Å². The number of halogens is 2. The predicted octanol–water partition coefficient (Wildman–Crippen LogP) is 1.95. The van der Waals surface area contributed by atoms with E-state index in [0.717, 1.165) is 4.47 Å². The number of hydrogen-bond acceptors (Lipinski definition) is 3. The average Bonchev–Trinajstić information content (AvgIpc) is 2.95. The standard InChI is InChI=1S/C14H17BrFNO3/c15-12-1-2-13(16)11(7-12)8-17(4-5-18)14(19)10-3-6-20-9-10/h1-2,7,10,18H,3-6,8-9H2. The molecule has 0 saturated carbocycles. The van der Waals surface area contributed by atoms with E-state index in [2.05, 4.69) is 15.9 Å². The SMILES string of the molecule is O=C(C1CCOC1)N(CCO)Cc1cc(Br)ccc1F. The van der Waals surface area contributed by atoms with Crippen molar-refractivity contribution in [2.45, 2.75) is 13.0 Å². The molecule has 0 spiro atoms. The largest absolute Gasteiger partial charge is 0.395 e. The number of amides is 1. The van der Waals surface area contributed by atoms with E-state index in [1.807, 2.05) is 0 Å². The summed E-state index contributed by atoms with van der Waals surface area (Å²) in [5.74, 6) is -0.626. The van der Waals surface area contributed by atoms with Gasteiger partial charge in [-0.25, -0.2) is 4.39 Å². The summed E-state index contributed by atoms with van der Waals surface area (Å²) < 4.78 is 19.7. The number of carbonyl (C=O) groups is 1. The minimum Gasteiger partial charge on any atom is -0.395 e. The van der Waals surface area contributed by atoms with Crippen molar-refractivity contribution in [3.05, 3.63) is 34.1 Å². The molecule has 1 heterocycles. The van der Waals surface area contributed by atoms with Gasteiger partial charge < -0.3 is 14.7 Å². The molecule has 110 valence electrons. The van der Waals surface area contributed by atoms with E-state index in [9.17, 15) is 9.18 Å². The monoisotopic (exact) mass is 345 g/mol. The Bertz CT molecular complexity index is 477. The molecule has 0 aliphatic carbocycles. The number of hydrogen-bond donors (Lipinski definition) is 1. The van der Waals surface area contributed by atoms with E-state index in [0.29, 0.717) is 25.2 Å². The van der Waals surface area contributed by atoms with E-state index in [4.69, 9.17) is 9.84 Å². The number of rotatable bonds is 5. The first-order chi connectivity index (χ1) is 9.61. The van der Waals surface area contributed by atoms with Gasteiger partial charge in [0.1, 0.15) is 5.82 Å². The highest BCUT2D eigenvalue weighted by Gasteiger charge is 2.28. The molecule has 0 aromatic heterocycles. The van der Waals surface area contributed by atoms with E-state index in [1.54, 1.807) is 12.1 Å². The van der Waals surface area contributed by atoms with Gasteiger partial charge in [-0.2, -0.15) is 0 Å². The lowest BCUT2D eigenvalue weighted by atomic mass is 10.1. The fourth-order valence-electron chi connectivity index (χ4n) is 2.25. The summed E-state index contributed by atoms with van der Waals surface area (Å²) >= 11 is 3.29. The zero-order chi connectivity index (χ0) is 14.5. The van der Waals surface area contributed by atoms with E-state index in [1.165, 1.54) is 11.0 Å². The molecular formula is C14H17BrFNO3. The molecule has 1 aromatic carbocycles. The van der Waals surface area contributed by atoms with Crippen LogP contribution in [0, 0.1) is 11.7 Å². The van der Waals surface area contributed by atoms with Crippen molar-refractivity contribution in [1.29, 1.82) is 0 Å². The van der Waals surface area contributed by atoms with Crippen LogP contribution < -0.4 is 0 Å². The first kappa shape index (κ1) is 15.4. The quantitative estimate of drug-likeness (QED) is 0.887. The molecule has 1 amide bonds. The molecule has 0 bridgehead atoms. The molecule has 2 rings (SSSR count). The van der Waals surface area contributed by atoms with Crippen LogP contribution in [0.2, 0.25) is 0 Å². The third-order valence-corrected chi connectivity index (χ3v) is 3.82. The number of aliphatic hydroxyl groups is 1. The summed E-state index contributed by atoms with van der Waals surface area (Å²) in [5, 5.41) is 9.10. The molecule has 6 heteroatoms. The maximum Gasteiger partial charge on any atom is 0.228 e. The van der Waals surface area contributed by atoms with Crippen LogP contribution in [0.25, 0.3) is 0 Å². The lowest BCUT2D eigenvalue weighted by Crippen LogP contribution is -2.38. The fraction of sp³-hybridized carbons (Fsp3) is 0.500. The fourth-order valence-corrected chi connectivity index (χ4v) is 2.65. The van der Waals surface area contributed by atoms with E-state index < -0.39 is 0 Å². The van der Waals surface area contributed by atoms with Crippen molar-refractivity contribution in [3.8, 4) is 0 Å². The highest BCUT2D eigenvalue weighted by molar-refractivity contribution is 9.10. The summed E-state index contributed by atoms with van der Waals surface area (Å²) in [6, 6.07) is 4.62. The molecule has 4 nitrogen and oxygen atoms in total. The number of carbonyl (C=O) groups excluding carboxylic acids is 1. The van der Waals surface area contributed by atoms with Crippen LogP contribution in [0.5, 0.6) is 0 Å². The normalized spacial score (nSPS) is 18.2. The van der Waals surface area contributed by atoms with E-state index >= 15 is 0 Å². The van der Waals surface area contributed by atoms with Gasteiger partial charge in [0.25, 0.3) is 0 Å². The lowest BCUT2D eigenvalue weighted by Gasteiger charge is -2.24. The van der Waals surface area contributed by atoms with Gasteiger partial charge in [0.2, 0.25) is 5.91 Å². The number of ether oxygens (including phenoxy) is 1. The zero-order valence-corrected chi connectivity index (χ0v) is 12.6. The minimum absolute atomic E-state index is 0.0871. The van der Waals surface area contributed by atoms with Crippen molar-refractivity contribution in [1.82, 2.24) is 4.90 Å². The highest BCUT2D eigenvalue weighted by Crippen LogP contribution is 2.20. The second-order valence-corrected chi connectivity index (χ2v) is 5.70. The summed E-state index contributed by atoms with van der Waals surface area (Å²) in [6.07, 6.45) is 0.682. The lowest BCUT2D eigenvalue weighted by molar-refractivity contribution is -0.136. The second kappa shape index (κ2) is 7.15. The van der Waals surface area contributed by atoms with Gasteiger partial charge in [-0.1, -0.05) is 15.9 Å². The molecule has 1 aliphatic heterocycles. The van der Waals surface area contributed by atoms with Crippen LogP contribution in [0.3, 0.4) is 0 Å². The Hall–Kier alpha value is -0.980. The molecule has 1 atom stereocenters. The molecule has 1 N–H and O–H groups in total. The van der Waals surface area contributed by atoms with Crippen LogP contribution in [0.1, 0.15) is 12.0 Å². The van der Waals surface area contributed by atoms with Crippen LogP contribution in [-0.4, -0.2) is 42.3 Å². The molecule has 1 aromatic rings. The zero-order valence-electron chi connectivity index (χ0n) is 11.0. The average molecular weight is 346 g/mol. The first-order valence-corrected chi connectivity index (χ1v) is 7.32. The third kappa shape index (κ3) is 3.77. The molecule has 1 aliphatic rings. The van der Waals surface area contributed by atoms with Gasteiger partial charge in [0, 0.05) is 29.7 Å². The minimum atomic E-state index is -0.355. The summed E-state index contributed by atoms with van der Waals surface area (Å²) in [6.45, 7) is 1.19. The van der Waals surface area contributed by atoms with Crippen molar-refractivity contribution in [2.75, 3.05) is 26.4 Å².